The fraction of sp³-hybridized carbons (Fsp3) is 0.407. The fourth-order valence-corrected chi connectivity index (χ4v) is 5.83. The topological polar surface area (TPSA) is 42.3 Å². The van der Waals surface area contributed by atoms with Crippen LogP contribution in [-0.4, -0.2) is 38.8 Å². The third-order valence-electron chi connectivity index (χ3n) is 6.88. The second kappa shape index (κ2) is 8.92. The van der Waals surface area contributed by atoms with Gasteiger partial charge in [-0.15, -0.1) is 0 Å². The minimum absolute atomic E-state index is 0.00620. The Morgan fingerprint density at radius 3 is 2.55 bits per heavy atom. The number of pyridine rings is 1. The molecule has 2 aromatic heterocycles. The Morgan fingerprint density at radius 1 is 1.09 bits per heavy atom. The van der Waals surface area contributed by atoms with Crippen molar-refractivity contribution in [2.45, 2.75) is 58.7 Å². The summed E-state index contributed by atoms with van der Waals surface area (Å²) in [5.41, 5.74) is 8.52. The van der Waals surface area contributed by atoms with Crippen molar-refractivity contribution in [2.24, 2.45) is 0 Å². The summed E-state index contributed by atoms with van der Waals surface area (Å²) in [4.78, 5) is 7.02. The molecule has 0 radical (unpaired) electrons. The van der Waals surface area contributed by atoms with Crippen LogP contribution in [-0.2, 0) is 4.74 Å². The zero-order chi connectivity index (χ0) is 23.1. The molecule has 4 heterocycles. The summed E-state index contributed by atoms with van der Waals surface area (Å²) in [5, 5.41) is 4.37. The van der Waals surface area contributed by atoms with E-state index in [-0.39, 0.29) is 18.2 Å². The molecule has 5 nitrogen and oxygen atoms in total. The van der Waals surface area contributed by atoms with Crippen molar-refractivity contribution in [2.75, 3.05) is 13.2 Å². The van der Waals surface area contributed by atoms with Gasteiger partial charge in [0.1, 0.15) is 0 Å². The molecule has 0 amide bonds. The molecule has 0 bridgehead atoms. The van der Waals surface area contributed by atoms with E-state index in [1.54, 1.807) is 0 Å². The van der Waals surface area contributed by atoms with Crippen LogP contribution < -0.4 is 5.32 Å². The predicted molar refractivity (Wildman–Crippen MR) is 136 cm³/mol. The van der Waals surface area contributed by atoms with E-state index in [9.17, 15) is 0 Å². The highest BCUT2D eigenvalue weighted by Gasteiger charge is 2.42. The molecule has 5 rings (SSSR count). The van der Waals surface area contributed by atoms with Gasteiger partial charge in [-0.2, -0.15) is 0 Å². The average Bonchev–Trinajstić information content (AvgIpc) is 3.47. The Kier molecular flexibility index (Phi) is 5.97. The van der Waals surface area contributed by atoms with Gasteiger partial charge >= 0.3 is 0 Å². The largest absolute Gasteiger partial charge is 0.376 e. The van der Waals surface area contributed by atoms with Gasteiger partial charge in [-0.3, -0.25) is 4.98 Å². The second-order valence-corrected chi connectivity index (χ2v) is 9.81. The molecule has 6 heteroatoms. The molecule has 3 aromatic rings. The number of benzene rings is 1. The number of hydrogen-bond acceptors (Lipinski definition) is 3. The predicted octanol–water partition coefficient (Wildman–Crippen LogP) is 5.26. The molecular weight excluding hydrogens is 428 g/mol. The van der Waals surface area contributed by atoms with Crippen molar-refractivity contribution in [3.8, 4) is 5.69 Å². The third-order valence-corrected chi connectivity index (χ3v) is 7.23. The number of aryl methyl sites for hydroxylation is 3. The SMILES string of the molecule is Cc1cc(C)cc(-n2c(C)cc([C@@H]3[C@H](c4ccccn4)NC(=S)N3C[C@H]3CCCO3)c2C)c1. The van der Waals surface area contributed by atoms with Crippen LogP contribution in [0.15, 0.2) is 48.7 Å². The van der Waals surface area contributed by atoms with Crippen LogP contribution in [0.5, 0.6) is 0 Å². The highest BCUT2D eigenvalue weighted by Crippen LogP contribution is 2.42. The fourth-order valence-electron chi connectivity index (χ4n) is 5.51. The zero-order valence-electron chi connectivity index (χ0n) is 19.8. The van der Waals surface area contributed by atoms with Crippen LogP contribution >= 0.6 is 12.2 Å². The molecule has 0 aliphatic carbocycles. The maximum Gasteiger partial charge on any atom is 0.170 e. The van der Waals surface area contributed by atoms with Gasteiger partial charge in [0.15, 0.2) is 5.11 Å². The van der Waals surface area contributed by atoms with Crippen molar-refractivity contribution < 1.29 is 4.74 Å². The summed E-state index contributed by atoms with van der Waals surface area (Å²) >= 11 is 5.86. The van der Waals surface area contributed by atoms with E-state index >= 15 is 0 Å². The van der Waals surface area contributed by atoms with E-state index in [4.69, 9.17) is 21.9 Å². The Bertz CT molecular complexity index is 1150. The lowest BCUT2D eigenvalue weighted by Crippen LogP contribution is -2.36. The number of nitrogens with one attached hydrogen (secondary N) is 1. The smallest absolute Gasteiger partial charge is 0.170 e. The second-order valence-electron chi connectivity index (χ2n) is 9.42. The first-order valence-corrected chi connectivity index (χ1v) is 12.2. The molecule has 1 aromatic carbocycles. The molecule has 33 heavy (non-hydrogen) atoms. The summed E-state index contributed by atoms with van der Waals surface area (Å²) in [6.45, 7) is 10.4. The summed E-state index contributed by atoms with van der Waals surface area (Å²) in [6, 6.07) is 15.2. The van der Waals surface area contributed by atoms with E-state index in [1.807, 2.05) is 18.3 Å². The van der Waals surface area contributed by atoms with Gasteiger partial charge in [-0.05, 0) is 99.8 Å². The van der Waals surface area contributed by atoms with Crippen LogP contribution in [0.1, 0.15) is 58.7 Å². The van der Waals surface area contributed by atoms with E-state index in [1.165, 1.54) is 33.8 Å². The average molecular weight is 461 g/mol. The van der Waals surface area contributed by atoms with E-state index in [0.717, 1.165) is 36.8 Å². The lowest BCUT2D eigenvalue weighted by atomic mass is 9.96. The van der Waals surface area contributed by atoms with Crippen molar-refractivity contribution in [3.05, 3.63) is 82.4 Å². The van der Waals surface area contributed by atoms with E-state index < -0.39 is 0 Å². The first kappa shape index (κ1) is 22.1. The molecule has 0 spiro atoms. The minimum atomic E-state index is -0.00620. The van der Waals surface area contributed by atoms with Crippen LogP contribution in [0, 0.1) is 27.7 Å². The highest BCUT2D eigenvalue weighted by molar-refractivity contribution is 7.80. The molecule has 2 saturated heterocycles. The summed E-state index contributed by atoms with van der Waals surface area (Å²) in [7, 11) is 0. The van der Waals surface area contributed by atoms with Gasteiger partial charge < -0.3 is 19.5 Å². The summed E-state index contributed by atoms with van der Waals surface area (Å²) in [6.07, 6.45) is 4.28. The molecular formula is C27H32N4OS. The quantitative estimate of drug-likeness (QED) is 0.526. The lowest BCUT2D eigenvalue weighted by molar-refractivity contribution is 0.0842. The molecule has 3 atom stereocenters. The van der Waals surface area contributed by atoms with Crippen molar-refractivity contribution >= 4 is 17.3 Å². The Balaban J connectivity index is 1.60. The highest BCUT2D eigenvalue weighted by atomic mass is 32.1. The Morgan fingerprint density at radius 2 is 1.88 bits per heavy atom. The maximum absolute atomic E-state index is 5.99. The van der Waals surface area contributed by atoms with E-state index in [2.05, 4.69) is 72.8 Å². The zero-order valence-corrected chi connectivity index (χ0v) is 20.7. The molecule has 172 valence electrons. The van der Waals surface area contributed by atoms with E-state index in [0.29, 0.717) is 0 Å². The number of rotatable bonds is 5. The van der Waals surface area contributed by atoms with Crippen LogP contribution in [0.3, 0.4) is 0 Å². The third kappa shape index (κ3) is 4.18. The number of nitrogens with zero attached hydrogens (tertiary/aromatic N) is 3. The monoisotopic (exact) mass is 460 g/mol. The van der Waals surface area contributed by atoms with Gasteiger partial charge in [-0.25, -0.2) is 0 Å². The molecule has 1 N–H and O–H groups in total. The summed E-state index contributed by atoms with van der Waals surface area (Å²) < 4.78 is 8.36. The number of aromatic nitrogens is 2. The molecule has 2 fully saturated rings. The van der Waals surface area contributed by atoms with Crippen molar-refractivity contribution in [3.63, 3.8) is 0 Å². The molecule has 0 saturated carbocycles. The van der Waals surface area contributed by atoms with Gasteiger partial charge in [0.25, 0.3) is 0 Å². The van der Waals surface area contributed by atoms with Gasteiger partial charge in [0.05, 0.1) is 23.9 Å². The Labute approximate surface area is 201 Å². The number of hydrogen-bond donors (Lipinski definition) is 1. The van der Waals surface area contributed by atoms with Gasteiger partial charge in [0, 0.05) is 36.4 Å². The normalized spacial score (nSPS) is 22.7. The lowest BCUT2D eigenvalue weighted by Gasteiger charge is -2.30. The first-order chi connectivity index (χ1) is 15.9. The standard InChI is InChI=1S/C27H32N4OS/c1-17-12-18(2)14-21(13-17)31-19(3)15-23(20(31)4)26-25(24-9-5-6-10-28-24)29-27(33)30(26)16-22-8-7-11-32-22/h5-6,9-10,12-15,22,25-26H,7-8,11,16H2,1-4H3,(H,29,33)/t22-,25+,26-/m1/s1. The maximum atomic E-state index is 5.99. The molecule has 2 aliphatic heterocycles. The molecule has 0 unspecified atom stereocenters. The summed E-state index contributed by atoms with van der Waals surface area (Å²) in [5.74, 6) is 0. The van der Waals surface area contributed by atoms with Crippen LogP contribution in [0.4, 0.5) is 0 Å². The molecule has 2 aliphatic rings. The van der Waals surface area contributed by atoms with Crippen molar-refractivity contribution in [1.29, 1.82) is 0 Å². The first-order valence-electron chi connectivity index (χ1n) is 11.8. The van der Waals surface area contributed by atoms with Gasteiger partial charge in [-0.1, -0.05) is 12.1 Å². The van der Waals surface area contributed by atoms with Crippen LogP contribution in [0.25, 0.3) is 5.69 Å². The minimum Gasteiger partial charge on any atom is -0.376 e. The number of ether oxygens (including phenoxy) is 1. The van der Waals surface area contributed by atoms with Gasteiger partial charge in [0.2, 0.25) is 0 Å². The van der Waals surface area contributed by atoms with Crippen LogP contribution in [0.2, 0.25) is 0 Å². The Hall–Kier alpha value is -2.70. The number of thiocarbonyl (C=S) groups is 1. The van der Waals surface area contributed by atoms with Crippen molar-refractivity contribution in [1.82, 2.24) is 19.8 Å².